The van der Waals surface area contributed by atoms with E-state index in [1.807, 2.05) is 24.3 Å². The maximum Gasteiger partial charge on any atom is 0.314 e. The van der Waals surface area contributed by atoms with E-state index in [1.54, 1.807) is 0 Å². The summed E-state index contributed by atoms with van der Waals surface area (Å²) in [4.78, 5) is 21.4. The van der Waals surface area contributed by atoms with E-state index in [1.165, 1.54) is 11.1 Å². The van der Waals surface area contributed by atoms with E-state index in [9.17, 15) is 9.90 Å². The van der Waals surface area contributed by atoms with Gasteiger partial charge in [-0.1, -0.05) is 48.4 Å². The molecule has 1 heterocycles. The monoisotopic (exact) mass is 399 g/mol. The molecule has 2 N–H and O–H groups in total. The van der Waals surface area contributed by atoms with Gasteiger partial charge in [-0.25, -0.2) is 9.97 Å². The van der Waals surface area contributed by atoms with E-state index in [-0.39, 0.29) is 0 Å². The second kappa shape index (κ2) is 7.24. The molecule has 30 heavy (non-hydrogen) atoms. The van der Waals surface area contributed by atoms with E-state index in [0.717, 1.165) is 59.8 Å². The Kier molecular flexibility index (Phi) is 4.54. The first-order chi connectivity index (χ1) is 14.5. The largest absolute Gasteiger partial charge is 0.481 e. The predicted octanol–water partition coefficient (Wildman–Crippen LogP) is 5.19. The minimum atomic E-state index is -0.717. The van der Waals surface area contributed by atoms with Gasteiger partial charge in [-0.15, -0.1) is 0 Å². The van der Waals surface area contributed by atoms with Crippen LogP contribution in [0.1, 0.15) is 48.1 Å². The highest BCUT2D eigenvalue weighted by Crippen LogP contribution is 2.44. The van der Waals surface area contributed by atoms with Gasteiger partial charge in [-0.3, -0.25) is 4.79 Å². The van der Waals surface area contributed by atoms with Crippen LogP contribution in [0.2, 0.25) is 0 Å². The quantitative estimate of drug-likeness (QED) is 0.617. The summed E-state index contributed by atoms with van der Waals surface area (Å²) in [5, 5.41) is 13.1. The Bertz CT molecular complexity index is 1100. The van der Waals surface area contributed by atoms with Crippen LogP contribution in [0.5, 0.6) is 0 Å². The van der Waals surface area contributed by atoms with Gasteiger partial charge in [0, 0.05) is 22.5 Å². The Morgan fingerprint density at radius 2 is 1.70 bits per heavy atom. The first kappa shape index (κ1) is 18.8. The van der Waals surface area contributed by atoms with Crippen LogP contribution in [0.4, 0.5) is 11.5 Å². The van der Waals surface area contributed by atoms with Crippen LogP contribution >= 0.6 is 0 Å². The lowest BCUT2D eigenvalue weighted by molar-refractivity contribution is -0.147. The number of aliphatic carboxylic acids is 1. The van der Waals surface area contributed by atoms with Gasteiger partial charge < -0.3 is 10.4 Å². The van der Waals surface area contributed by atoms with Crippen molar-refractivity contribution in [2.45, 2.75) is 50.9 Å². The third kappa shape index (κ3) is 3.15. The lowest BCUT2D eigenvalue weighted by atomic mass is 9.64. The zero-order valence-electron chi connectivity index (χ0n) is 17.1. The Morgan fingerprint density at radius 1 is 0.967 bits per heavy atom. The average Bonchev–Trinajstić information content (AvgIpc) is 3.18. The van der Waals surface area contributed by atoms with Crippen LogP contribution in [-0.2, 0) is 23.1 Å². The number of nitrogens with zero attached hydrogens (tertiary/aromatic N) is 2. The Morgan fingerprint density at radius 3 is 2.33 bits per heavy atom. The molecule has 5 rings (SSSR count). The summed E-state index contributed by atoms with van der Waals surface area (Å²) in [5.74, 6) is 0.886. The molecule has 0 spiro atoms. The number of aryl methyl sites for hydroxylation is 2. The SMILES string of the molecule is Cc1ccc(-c2nc3c(c(Nc4ccc(C5(C(=O)O)CCC5)cc4)n2)CCC3)cc1. The molecule has 5 nitrogen and oxygen atoms in total. The molecule has 0 unspecified atom stereocenters. The fourth-order valence-corrected chi connectivity index (χ4v) is 4.53. The van der Waals surface area contributed by atoms with E-state index in [4.69, 9.17) is 9.97 Å². The number of nitrogens with one attached hydrogen (secondary N) is 1. The fraction of sp³-hybridized carbons (Fsp3) is 0.320. The lowest BCUT2D eigenvalue weighted by Crippen LogP contribution is -2.42. The number of carboxylic acid groups (broad SMARTS) is 1. The van der Waals surface area contributed by atoms with Gasteiger partial charge in [0.15, 0.2) is 5.82 Å². The highest BCUT2D eigenvalue weighted by Gasteiger charge is 2.45. The predicted molar refractivity (Wildman–Crippen MR) is 117 cm³/mol. The van der Waals surface area contributed by atoms with Crippen molar-refractivity contribution in [1.29, 1.82) is 0 Å². The summed E-state index contributed by atoms with van der Waals surface area (Å²) in [7, 11) is 0. The van der Waals surface area contributed by atoms with Gasteiger partial charge >= 0.3 is 5.97 Å². The van der Waals surface area contributed by atoms with Gasteiger partial charge in [-0.2, -0.15) is 0 Å². The normalized spacial score (nSPS) is 16.6. The van der Waals surface area contributed by atoms with Crippen molar-refractivity contribution in [3.05, 3.63) is 70.9 Å². The summed E-state index contributed by atoms with van der Waals surface area (Å²) in [6.45, 7) is 2.07. The second-order valence-electron chi connectivity index (χ2n) is 8.48. The summed E-state index contributed by atoms with van der Waals surface area (Å²) in [6, 6.07) is 16.1. The highest BCUT2D eigenvalue weighted by atomic mass is 16.4. The first-order valence-electron chi connectivity index (χ1n) is 10.6. The summed E-state index contributed by atoms with van der Waals surface area (Å²) in [5.41, 5.74) is 5.65. The van der Waals surface area contributed by atoms with Crippen molar-refractivity contribution in [3.8, 4) is 11.4 Å². The molecular weight excluding hydrogens is 374 g/mol. The topological polar surface area (TPSA) is 75.1 Å². The number of carboxylic acids is 1. The highest BCUT2D eigenvalue weighted by molar-refractivity contribution is 5.83. The summed E-state index contributed by atoms with van der Waals surface area (Å²) >= 11 is 0. The van der Waals surface area contributed by atoms with Crippen LogP contribution in [0.25, 0.3) is 11.4 Å². The molecule has 0 saturated heterocycles. The molecule has 0 atom stereocenters. The molecule has 1 saturated carbocycles. The number of fused-ring (bicyclic) bond motifs is 1. The number of benzene rings is 2. The third-order valence-electron chi connectivity index (χ3n) is 6.56. The Balaban J connectivity index is 1.46. The molecule has 1 fully saturated rings. The molecule has 5 heteroatoms. The van der Waals surface area contributed by atoms with Crippen molar-refractivity contribution in [3.63, 3.8) is 0 Å². The van der Waals surface area contributed by atoms with E-state index in [2.05, 4.69) is 36.5 Å². The second-order valence-corrected chi connectivity index (χ2v) is 8.48. The van der Waals surface area contributed by atoms with Crippen molar-refractivity contribution in [2.75, 3.05) is 5.32 Å². The molecule has 0 radical (unpaired) electrons. The minimum absolute atomic E-state index is 0.701. The number of anilines is 2. The zero-order valence-corrected chi connectivity index (χ0v) is 17.1. The molecule has 2 aliphatic rings. The average molecular weight is 399 g/mol. The molecule has 3 aromatic rings. The number of aromatic nitrogens is 2. The maximum absolute atomic E-state index is 11.8. The van der Waals surface area contributed by atoms with Gasteiger partial charge in [-0.05, 0) is 56.7 Å². The van der Waals surface area contributed by atoms with E-state index in [0.29, 0.717) is 12.8 Å². The summed E-state index contributed by atoms with van der Waals surface area (Å²) in [6.07, 6.45) is 5.46. The fourth-order valence-electron chi connectivity index (χ4n) is 4.53. The van der Waals surface area contributed by atoms with Crippen molar-refractivity contribution >= 4 is 17.5 Å². The number of rotatable bonds is 5. The van der Waals surface area contributed by atoms with Gasteiger partial charge in [0.05, 0.1) is 5.41 Å². The molecule has 0 bridgehead atoms. The molecule has 2 aromatic carbocycles. The minimum Gasteiger partial charge on any atom is -0.481 e. The molecule has 2 aliphatic carbocycles. The van der Waals surface area contributed by atoms with Crippen molar-refractivity contribution in [2.24, 2.45) is 0 Å². The standard InChI is InChI=1S/C25H25N3O2/c1-16-6-8-17(9-7-16)22-27-21-5-2-4-20(21)23(28-22)26-19-12-10-18(11-13-19)25(24(29)30)14-3-15-25/h6-13H,2-5,14-15H2,1H3,(H,29,30)(H,26,27,28). The Hall–Kier alpha value is -3.21. The maximum atomic E-state index is 11.8. The third-order valence-corrected chi connectivity index (χ3v) is 6.56. The van der Waals surface area contributed by atoms with Crippen molar-refractivity contribution < 1.29 is 9.90 Å². The van der Waals surface area contributed by atoms with E-state index >= 15 is 0 Å². The van der Waals surface area contributed by atoms with Crippen LogP contribution in [0.15, 0.2) is 48.5 Å². The Labute approximate surface area is 176 Å². The molecule has 1 aromatic heterocycles. The van der Waals surface area contributed by atoms with Crippen LogP contribution in [0.3, 0.4) is 0 Å². The van der Waals surface area contributed by atoms with E-state index < -0.39 is 11.4 Å². The first-order valence-corrected chi connectivity index (χ1v) is 10.6. The number of hydrogen-bond donors (Lipinski definition) is 2. The molecule has 0 amide bonds. The molecule has 0 aliphatic heterocycles. The number of hydrogen-bond acceptors (Lipinski definition) is 4. The lowest BCUT2D eigenvalue weighted by Gasteiger charge is -2.38. The van der Waals surface area contributed by atoms with Crippen molar-refractivity contribution in [1.82, 2.24) is 9.97 Å². The van der Waals surface area contributed by atoms with Gasteiger partial charge in [0.25, 0.3) is 0 Å². The smallest absolute Gasteiger partial charge is 0.314 e. The van der Waals surface area contributed by atoms with Gasteiger partial charge in [0.1, 0.15) is 5.82 Å². The number of carbonyl (C=O) groups is 1. The van der Waals surface area contributed by atoms with Gasteiger partial charge in [0.2, 0.25) is 0 Å². The van der Waals surface area contributed by atoms with Crippen LogP contribution in [-0.4, -0.2) is 21.0 Å². The molecule has 152 valence electrons. The zero-order chi connectivity index (χ0) is 20.7. The molecular formula is C25H25N3O2. The van der Waals surface area contributed by atoms with Crippen LogP contribution < -0.4 is 5.32 Å². The summed E-state index contributed by atoms with van der Waals surface area (Å²) < 4.78 is 0. The van der Waals surface area contributed by atoms with Crippen LogP contribution in [0, 0.1) is 6.92 Å².